The average Bonchev–Trinajstić information content (AvgIpc) is 2.98. The number of hydrogen-bond acceptors (Lipinski definition) is 4. The molecule has 0 fully saturated rings. The summed E-state index contributed by atoms with van der Waals surface area (Å²) < 4.78 is 7.51. The van der Waals surface area contributed by atoms with Crippen molar-refractivity contribution < 1.29 is 4.74 Å². The summed E-state index contributed by atoms with van der Waals surface area (Å²) in [4.78, 5) is 10.8. The van der Waals surface area contributed by atoms with Crippen LogP contribution in [0.15, 0.2) is 35.6 Å². The number of guanidine groups is 1. The summed E-state index contributed by atoms with van der Waals surface area (Å²) in [6.07, 6.45) is 1.54. The highest BCUT2D eigenvalue weighted by atomic mass is 127. The van der Waals surface area contributed by atoms with Crippen molar-refractivity contribution in [2.75, 3.05) is 26.7 Å². The van der Waals surface area contributed by atoms with Crippen LogP contribution < -0.4 is 10.1 Å². The molecule has 0 atom stereocenters. The molecule has 0 bridgehead atoms. The first-order chi connectivity index (χ1) is 11.6. The summed E-state index contributed by atoms with van der Waals surface area (Å²) in [7, 11) is 3.86. The Bertz CT molecular complexity index is 655. The maximum atomic E-state index is 5.78. The highest BCUT2D eigenvalue weighted by Gasteiger charge is 2.07. The van der Waals surface area contributed by atoms with Crippen LogP contribution in [0.3, 0.4) is 0 Å². The molecule has 0 aliphatic carbocycles. The zero-order chi connectivity index (χ0) is 17.4. The maximum Gasteiger partial charge on any atom is 0.194 e. The van der Waals surface area contributed by atoms with E-state index in [-0.39, 0.29) is 24.0 Å². The highest BCUT2D eigenvalue weighted by Crippen LogP contribution is 2.11. The maximum absolute atomic E-state index is 5.78. The molecule has 1 aromatic heterocycles. The Labute approximate surface area is 166 Å². The Hall–Kier alpha value is -1.84. The Morgan fingerprint density at radius 3 is 2.64 bits per heavy atom. The van der Waals surface area contributed by atoms with Gasteiger partial charge in [-0.2, -0.15) is 5.10 Å². The van der Waals surface area contributed by atoms with E-state index in [9.17, 15) is 0 Å². The van der Waals surface area contributed by atoms with Gasteiger partial charge < -0.3 is 15.0 Å². The lowest BCUT2D eigenvalue weighted by Crippen LogP contribution is -2.40. The van der Waals surface area contributed by atoms with Crippen molar-refractivity contribution in [1.29, 1.82) is 0 Å². The topological polar surface area (TPSA) is 67.6 Å². The fourth-order valence-electron chi connectivity index (χ4n) is 2.12. The van der Waals surface area contributed by atoms with Crippen molar-refractivity contribution in [3.05, 3.63) is 42.0 Å². The van der Waals surface area contributed by atoms with Gasteiger partial charge in [0.25, 0.3) is 0 Å². The monoisotopic (exact) mass is 458 g/mol. The first kappa shape index (κ1) is 21.2. The number of ether oxygens (including phenoxy) is 1. The molecule has 8 heteroatoms. The number of hydrogen-bond donors (Lipinski definition) is 1. The fraction of sp³-hybridized carbons (Fsp3) is 0.471. The van der Waals surface area contributed by atoms with Gasteiger partial charge in [0.2, 0.25) is 0 Å². The van der Waals surface area contributed by atoms with E-state index >= 15 is 0 Å². The molecule has 0 spiro atoms. The molecular weight excluding hydrogens is 431 g/mol. The summed E-state index contributed by atoms with van der Waals surface area (Å²) in [5, 5.41) is 7.34. The molecule has 1 heterocycles. The van der Waals surface area contributed by atoms with Crippen molar-refractivity contribution in [2.45, 2.75) is 20.4 Å². The minimum absolute atomic E-state index is 0. The standard InChI is InChI=1S/C17H26N6O.HI/c1-5-18-17(19-12-16-20-13-21-23(16)4)22(3)10-11-24-15-8-6-14(2)7-9-15;/h6-9,13H,5,10-12H2,1-4H3,(H,18,19);1H. The third-order valence-electron chi connectivity index (χ3n) is 3.59. The lowest BCUT2D eigenvalue weighted by atomic mass is 10.2. The third-order valence-corrected chi connectivity index (χ3v) is 3.59. The van der Waals surface area contributed by atoms with E-state index in [4.69, 9.17) is 4.74 Å². The van der Waals surface area contributed by atoms with Crippen LogP contribution in [0.5, 0.6) is 5.75 Å². The Kier molecular flexibility index (Phi) is 9.25. The molecule has 2 aromatic rings. The van der Waals surface area contributed by atoms with Crippen molar-refractivity contribution >= 4 is 29.9 Å². The summed E-state index contributed by atoms with van der Waals surface area (Å²) in [6, 6.07) is 8.07. The van der Waals surface area contributed by atoms with Crippen molar-refractivity contribution in [3.63, 3.8) is 0 Å². The lowest BCUT2D eigenvalue weighted by molar-refractivity contribution is 0.281. The van der Waals surface area contributed by atoms with E-state index in [0.29, 0.717) is 13.2 Å². The number of aromatic nitrogens is 3. The molecule has 0 saturated carbocycles. The largest absolute Gasteiger partial charge is 0.492 e. The molecular formula is C17H27IN6O. The summed E-state index contributed by atoms with van der Waals surface area (Å²) >= 11 is 0. The van der Waals surface area contributed by atoms with Gasteiger partial charge in [-0.1, -0.05) is 17.7 Å². The molecule has 0 unspecified atom stereocenters. The summed E-state index contributed by atoms with van der Waals surface area (Å²) in [5.41, 5.74) is 1.23. The van der Waals surface area contributed by atoms with Crippen LogP contribution in [0.2, 0.25) is 0 Å². The minimum Gasteiger partial charge on any atom is -0.492 e. The van der Waals surface area contributed by atoms with Gasteiger partial charge in [0.15, 0.2) is 5.96 Å². The average molecular weight is 458 g/mol. The SMILES string of the molecule is CCNC(=NCc1ncnn1C)N(C)CCOc1ccc(C)cc1.I. The van der Waals surface area contributed by atoms with E-state index in [0.717, 1.165) is 30.6 Å². The number of aliphatic imine (C=N–C) groups is 1. The lowest BCUT2D eigenvalue weighted by Gasteiger charge is -2.22. The van der Waals surface area contributed by atoms with Gasteiger partial charge in [-0.3, -0.25) is 4.68 Å². The van der Waals surface area contributed by atoms with Gasteiger partial charge in [-0.05, 0) is 26.0 Å². The van der Waals surface area contributed by atoms with Crippen molar-refractivity contribution in [3.8, 4) is 5.75 Å². The number of rotatable bonds is 7. The minimum atomic E-state index is 0. The molecule has 2 rings (SSSR count). The van der Waals surface area contributed by atoms with Gasteiger partial charge in [0.05, 0.1) is 6.54 Å². The first-order valence-corrected chi connectivity index (χ1v) is 8.12. The summed E-state index contributed by atoms with van der Waals surface area (Å²) in [5.74, 6) is 2.54. The Morgan fingerprint density at radius 2 is 2.04 bits per heavy atom. The molecule has 1 N–H and O–H groups in total. The van der Waals surface area contributed by atoms with Crippen molar-refractivity contribution in [2.24, 2.45) is 12.0 Å². The number of aryl methyl sites for hydroxylation is 2. The quantitative estimate of drug-likeness (QED) is 0.392. The van der Waals surface area contributed by atoms with Gasteiger partial charge in [0, 0.05) is 20.6 Å². The molecule has 138 valence electrons. The predicted octanol–water partition coefficient (Wildman–Crippen LogP) is 2.22. The number of benzene rings is 1. The van der Waals surface area contributed by atoms with E-state index in [2.05, 4.69) is 34.2 Å². The van der Waals surface area contributed by atoms with Crippen LogP contribution in [-0.4, -0.2) is 52.4 Å². The molecule has 25 heavy (non-hydrogen) atoms. The van der Waals surface area contributed by atoms with Crippen LogP contribution in [0.4, 0.5) is 0 Å². The summed E-state index contributed by atoms with van der Waals surface area (Å²) in [6.45, 7) is 6.73. The smallest absolute Gasteiger partial charge is 0.194 e. The van der Waals surface area contributed by atoms with E-state index in [1.54, 1.807) is 4.68 Å². The fourth-order valence-corrected chi connectivity index (χ4v) is 2.12. The molecule has 0 amide bonds. The van der Waals surface area contributed by atoms with Gasteiger partial charge in [0.1, 0.15) is 31.1 Å². The zero-order valence-electron chi connectivity index (χ0n) is 15.3. The van der Waals surface area contributed by atoms with Crippen LogP contribution in [0.1, 0.15) is 18.3 Å². The second-order valence-corrected chi connectivity index (χ2v) is 5.55. The number of likely N-dealkylation sites (N-methyl/N-ethyl adjacent to an activating group) is 1. The van der Waals surface area contributed by atoms with Gasteiger partial charge in [-0.15, -0.1) is 24.0 Å². The normalized spacial score (nSPS) is 11.0. The Morgan fingerprint density at radius 1 is 1.32 bits per heavy atom. The van der Waals surface area contributed by atoms with Crippen LogP contribution in [0, 0.1) is 6.92 Å². The Balaban J connectivity index is 0.00000312. The van der Waals surface area contributed by atoms with E-state index < -0.39 is 0 Å². The first-order valence-electron chi connectivity index (χ1n) is 8.12. The molecule has 0 aliphatic heterocycles. The van der Waals surface area contributed by atoms with E-state index in [1.165, 1.54) is 11.9 Å². The molecule has 0 radical (unpaired) electrons. The highest BCUT2D eigenvalue weighted by molar-refractivity contribution is 14.0. The molecule has 0 aliphatic rings. The number of nitrogens with zero attached hydrogens (tertiary/aromatic N) is 5. The van der Waals surface area contributed by atoms with Crippen molar-refractivity contribution in [1.82, 2.24) is 25.0 Å². The zero-order valence-corrected chi connectivity index (χ0v) is 17.6. The predicted molar refractivity (Wildman–Crippen MR) is 111 cm³/mol. The van der Waals surface area contributed by atoms with Gasteiger partial charge >= 0.3 is 0 Å². The third kappa shape index (κ3) is 6.89. The van der Waals surface area contributed by atoms with Crippen LogP contribution in [-0.2, 0) is 13.6 Å². The second-order valence-electron chi connectivity index (χ2n) is 5.55. The van der Waals surface area contributed by atoms with Gasteiger partial charge in [-0.25, -0.2) is 9.98 Å². The number of nitrogens with one attached hydrogen (secondary N) is 1. The molecule has 1 aromatic carbocycles. The van der Waals surface area contributed by atoms with Crippen LogP contribution >= 0.6 is 24.0 Å². The molecule has 0 saturated heterocycles. The number of halogens is 1. The van der Waals surface area contributed by atoms with E-state index in [1.807, 2.05) is 43.3 Å². The molecule has 7 nitrogen and oxygen atoms in total. The second kappa shape index (κ2) is 10.9. The van der Waals surface area contributed by atoms with Crippen LogP contribution in [0.25, 0.3) is 0 Å².